The van der Waals surface area contributed by atoms with Crippen LogP contribution in [0, 0.1) is 0 Å². The number of carbonyl (C=O) groups is 1. The Morgan fingerprint density at radius 3 is 1.93 bits per heavy atom. The zero-order valence-corrected chi connectivity index (χ0v) is 15.3. The number of rotatable bonds is 5. The van der Waals surface area contributed by atoms with Crippen LogP contribution in [0.3, 0.4) is 0 Å². The fourth-order valence-electron chi connectivity index (χ4n) is 3.65. The molecule has 4 rings (SSSR count). The highest BCUT2D eigenvalue weighted by Crippen LogP contribution is 2.43. The number of benzene rings is 2. The van der Waals surface area contributed by atoms with Crippen molar-refractivity contribution in [3.05, 3.63) is 72.2 Å². The van der Waals surface area contributed by atoms with Crippen LogP contribution in [0.1, 0.15) is 37.8 Å². The van der Waals surface area contributed by atoms with Crippen molar-refractivity contribution in [2.45, 2.75) is 32.2 Å². The monoisotopic (exact) mass is 363 g/mol. The minimum absolute atomic E-state index is 0.248. The molecule has 138 valence electrons. The molecule has 2 heterocycles. The van der Waals surface area contributed by atoms with Crippen LogP contribution in [0.4, 0.5) is 0 Å². The predicted octanol–water partition coefficient (Wildman–Crippen LogP) is 5.46. The van der Waals surface area contributed by atoms with Gasteiger partial charge in [-0.25, -0.2) is 5.06 Å². The van der Waals surface area contributed by atoms with Gasteiger partial charge >= 0.3 is 0 Å². The van der Waals surface area contributed by atoms with E-state index in [1.807, 2.05) is 62.4 Å². The average molecular weight is 363 g/mol. The number of nitrogens with zero attached hydrogens (tertiary/aromatic N) is 1. The van der Waals surface area contributed by atoms with Crippen molar-refractivity contribution < 1.29 is 18.8 Å². The largest absolute Gasteiger partial charge is 0.464 e. The maximum atomic E-state index is 12.7. The fourth-order valence-corrected chi connectivity index (χ4v) is 3.65. The molecule has 0 saturated carbocycles. The summed E-state index contributed by atoms with van der Waals surface area (Å²) >= 11 is 0. The van der Waals surface area contributed by atoms with Crippen molar-refractivity contribution in [2.75, 3.05) is 0 Å². The number of fused-ring (bicyclic) bond motifs is 2. The lowest BCUT2D eigenvalue weighted by Gasteiger charge is -2.36. The van der Waals surface area contributed by atoms with Crippen LogP contribution in [-0.2, 0) is 10.3 Å². The fraction of sp³-hybridized carbons (Fsp3) is 0.227. The number of hydroxylamine groups is 2. The SMILES string of the molecule is CCCC(=O)N(O)C(C)(c1coc2ccccc12)c1coc2ccccc12. The van der Waals surface area contributed by atoms with E-state index in [1.54, 1.807) is 12.5 Å². The number of hydrogen-bond donors (Lipinski definition) is 1. The van der Waals surface area contributed by atoms with Gasteiger partial charge in [-0.05, 0) is 25.5 Å². The van der Waals surface area contributed by atoms with Crippen LogP contribution in [0.5, 0.6) is 0 Å². The number of furan rings is 2. The lowest BCUT2D eigenvalue weighted by Crippen LogP contribution is -2.46. The van der Waals surface area contributed by atoms with Gasteiger partial charge in [-0.15, -0.1) is 0 Å². The van der Waals surface area contributed by atoms with Gasteiger partial charge in [0.05, 0.1) is 12.5 Å². The zero-order chi connectivity index (χ0) is 19.0. The topological polar surface area (TPSA) is 66.8 Å². The Kier molecular flexibility index (Phi) is 4.24. The van der Waals surface area contributed by atoms with E-state index in [1.165, 1.54) is 0 Å². The molecule has 27 heavy (non-hydrogen) atoms. The highest BCUT2D eigenvalue weighted by atomic mass is 16.5. The lowest BCUT2D eigenvalue weighted by atomic mass is 9.83. The Bertz CT molecular complexity index is 1030. The number of carbonyl (C=O) groups excluding carboxylic acids is 1. The summed E-state index contributed by atoms with van der Waals surface area (Å²) in [6.45, 7) is 3.72. The number of hydrogen-bond acceptors (Lipinski definition) is 4. The summed E-state index contributed by atoms with van der Waals surface area (Å²) in [6, 6.07) is 15.2. The van der Waals surface area contributed by atoms with Gasteiger partial charge in [-0.1, -0.05) is 43.3 Å². The highest BCUT2D eigenvalue weighted by Gasteiger charge is 2.42. The Hall–Kier alpha value is -3.05. The Balaban J connectivity index is 1.99. The van der Waals surface area contributed by atoms with Crippen molar-refractivity contribution in [1.82, 2.24) is 5.06 Å². The van der Waals surface area contributed by atoms with E-state index in [4.69, 9.17) is 8.83 Å². The van der Waals surface area contributed by atoms with Crippen LogP contribution in [0.2, 0.25) is 0 Å². The lowest BCUT2D eigenvalue weighted by molar-refractivity contribution is -0.187. The molecular weight excluding hydrogens is 342 g/mol. The number of amides is 1. The quantitative estimate of drug-likeness (QED) is 0.378. The van der Waals surface area contributed by atoms with Gasteiger partial charge in [-0.2, -0.15) is 0 Å². The molecule has 0 aliphatic heterocycles. The molecule has 1 amide bonds. The summed E-state index contributed by atoms with van der Waals surface area (Å²) in [5.74, 6) is -0.351. The standard InChI is InChI=1S/C22H21NO4/c1-3-8-21(24)23(25)22(2,17-13-26-19-11-6-4-9-15(17)19)18-14-27-20-12-7-5-10-16(18)20/h4-7,9-14,25H,3,8H2,1-2H3. The molecule has 2 aromatic carbocycles. The molecular formula is C22H21NO4. The third kappa shape index (κ3) is 2.62. The third-order valence-corrected chi connectivity index (χ3v) is 5.13. The van der Waals surface area contributed by atoms with E-state index in [0.29, 0.717) is 28.7 Å². The summed E-state index contributed by atoms with van der Waals surface area (Å²) in [7, 11) is 0. The Morgan fingerprint density at radius 1 is 0.963 bits per heavy atom. The van der Waals surface area contributed by atoms with E-state index in [9.17, 15) is 10.0 Å². The third-order valence-electron chi connectivity index (χ3n) is 5.13. The van der Waals surface area contributed by atoms with E-state index in [2.05, 4.69) is 0 Å². The molecule has 0 bridgehead atoms. The van der Waals surface area contributed by atoms with Gasteiger partial charge in [0, 0.05) is 28.3 Å². The smallest absolute Gasteiger partial charge is 0.247 e. The molecule has 0 spiro atoms. The van der Waals surface area contributed by atoms with Crippen LogP contribution in [0.25, 0.3) is 21.9 Å². The average Bonchev–Trinajstić information content (AvgIpc) is 3.32. The van der Waals surface area contributed by atoms with Crippen LogP contribution in [0.15, 0.2) is 69.9 Å². The van der Waals surface area contributed by atoms with E-state index in [-0.39, 0.29) is 12.3 Å². The summed E-state index contributed by atoms with van der Waals surface area (Å²) in [5, 5.41) is 13.5. The maximum absolute atomic E-state index is 12.7. The normalized spacial score (nSPS) is 12.0. The molecule has 4 aromatic rings. The molecule has 0 fully saturated rings. The second-order valence-corrected chi connectivity index (χ2v) is 6.82. The first-order valence-corrected chi connectivity index (χ1v) is 9.02. The van der Waals surface area contributed by atoms with Gasteiger partial charge in [0.2, 0.25) is 5.91 Å². The molecule has 0 saturated heterocycles. The Labute approximate surface area is 156 Å². The molecule has 1 N–H and O–H groups in total. The first-order valence-electron chi connectivity index (χ1n) is 9.02. The van der Waals surface area contributed by atoms with Crippen molar-refractivity contribution in [3.8, 4) is 0 Å². The van der Waals surface area contributed by atoms with E-state index >= 15 is 0 Å². The molecule has 0 aliphatic rings. The van der Waals surface area contributed by atoms with E-state index in [0.717, 1.165) is 15.8 Å². The summed E-state index contributed by atoms with van der Waals surface area (Å²) in [6.07, 6.45) is 4.10. The maximum Gasteiger partial charge on any atom is 0.247 e. The molecule has 5 nitrogen and oxygen atoms in total. The second kappa shape index (κ2) is 6.59. The van der Waals surface area contributed by atoms with Crippen molar-refractivity contribution in [1.29, 1.82) is 0 Å². The molecule has 5 heteroatoms. The highest BCUT2D eigenvalue weighted by molar-refractivity contribution is 5.89. The zero-order valence-electron chi connectivity index (χ0n) is 15.3. The summed E-state index contributed by atoms with van der Waals surface area (Å²) < 4.78 is 11.4. The number of para-hydroxylation sites is 2. The van der Waals surface area contributed by atoms with Gasteiger partial charge < -0.3 is 8.83 Å². The molecule has 0 unspecified atom stereocenters. The van der Waals surface area contributed by atoms with Crippen molar-refractivity contribution in [2.24, 2.45) is 0 Å². The van der Waals surface area contributed by atoms with Gasteiger partial charge in [0.15, 0.2) is 0 Å². The van der Waals surface area contributed by atoms with Crippen molar-refractivity contribution >= 4 is 27.8 Å². The van der Waals surface area contributed by atoms with Crippen molar-refractivity contribution in [3.63, 3.8) is 0 Å². The van der Waals surface area contributed by atoms with E-state index < -0.39 is 5.54 Å². The second-order valence-electron chi connectivity index (χ2n) is 6.82. The first kappa shape index (κ1) is 17.4. The predicted molar refractivity (Wildman–Crippen MR) is 102 cm³/mol. The van der Waals surface area contributed by atoms with Gasteiger partial charge in [0.25, 0.3) is 0 Å². The van der Waals surface area contributed by atoms with Gasteiger partial charge in [-0.3, -0.25) is 10.0 Å². The summed E-state index contributed by atoms with van der Waals surface area (Å²) in [4.78, 5) is 12.7. The molecule has 2 aromatic heterocycles. The molecule has 0 atom stereocenters. The first-order chi connectivity index (χ1) is 13.1. The van der Waals surface area contributed by atoms with Gasteiger partial charge in [0.1, 0.15) is 16.7 Å². The summed E-state index contributed by atoms with van der Waals surface area (Å²) in [5.41, 5.74) is 1.64. The minimum Gasteiger partial charge on any atom is -0.464 e. The van der Waals surface area contributed by atoms with Crippen LogP contribution >= 0.6 is 0 Å². The minimum atomic E-state index is -1.16. The Morgan fingerprint density at radius 2 is 1.44 bits per heavy atom. The molecule has 0 aliphatic carbocycles. The van der Waals surface area contributed by atoms with Crippen LogP contribution in [-0.4, -0.2) is 16.2 Å². The van der Waals surface area contributed by atoms with Crippen LogP contribution < -0.4 is 0 Å². The molecule has 0 radical (unpaired) electrons.